The molecule has 1 atom stereocenters. The highest BCUT2D eigenvalue weighted by Crippen LogP contribution is 2.36. The van der Waals surface area contributed by atoms with E-state index < -0.39 is 0 Å². The van der Waals surface area contributed by atoms with E-state index in [2.05, 4.69) is 6.92 Å². The molecule has 0 aliphatic heterocycles. The van der Waals surface area contributed by atoms with Crippen LogP contribution in [0.25, 0.3) is 0 Å². The molecule has 1 aromatic heterocycles. The van der Waals surface area contributed by atoms with Crippen molar-refractivity contribution in [2.45, 2.75) is 38.6 Å². The summed E-state index contributed by atoms with van der Waals surface area (Å²) in [4.78, 5) is 0. The highest BCUT2D eigenvalue weighted by Gasteiger charge is 2.27. The van der Waals surface area contributed by atoms with Gasteiger partial charge in [-0.1, -0.05) is 13.3 Å². The van der Waals surface area contributed by atoms with E-state index in [1.54, 1.807) is 0 Å². The predicted molar refractivity (Wildman–Crippen MR) is 52.4 cm³/mol. The van der Waals surface area contributed by atoms with Gasteiger partial charge in [-0.05, 0) is 30.9 Å². The van der Waals surface area contributed by atoms with E-state index in [4.69, 9.17) is 10.2 Å². The number of rotatable bonds is 3. The molecule has 0 bridgehead atoms. The number of hydrogen-bond donors (Lipinski definition) is 1. The normalized spacial score (nSPS) is 19.8. The first-order valence-electron chi connectivity index (χ1n) is 5.15. The highest BCUT2D eigenvalue weighted by atomic mass is 16.3. The summed E-state index contributed by atoms with van der Waals surface area (Å²) < 4.78 is 5.63. The third kappa shape index (κ3) is 1.63. The third-order valence-corrected chi connectivity index (χ3v) is 3.02. The summed E-state index contributed by atoms with van der Waals surface area (Å²) in [5, 5.41) is 0. The Kier molecular flexibility index (Phi) is 2.40. The fourth-order valence-electron chi connectivity index (χ4n) is 1.79. The van der Waals surface area contributed by atoms with Gasteiger partial charge in [0.05, 0.1) is 6.04 Å². The molecule has 1 heterocycles. The molecule has 2 rings (SSSR count). The second-order valence-electron chi connectivity index (χ2n) is 3.87. The predicted octanol–water partition coefficient (Wildman–Crippen LogP) is 2.64. The SMILES string of the molecule is CCc1ccc(C(N)C2CCC2)o1. The number of nitrogens with two attached hydrogens (primary N) is 1. The zero-order valence-electron chi connectivity index (χ0n) is 8.12. The van der Waals surface area contributed by atoms with Crippen LogP contribution < -0.4 is 5.73 Å². The number of aryl methyl sites for hydroxylation is 1. The van der Waals surface area contributed by atoms with Crippen LogP contribution in [0.3, 0.4) is 0 Å². The fraction of sp³-hybridized carbons (Fsp3) is 0.636. The molecule has 1 aromatic rings. The third-order valence-electron chi connectivity index (χ3n) is 3.02. The Morgan fingerprint density at radius 1 is 1.54 bits per heavy atom. The van der Waals surface area contributed by atoms with Gasteiger partial charge in [-0.15, -0.1) is 0 Å². The van der Waals surface area contributed by atoms with Crippen LogP contribution in [0.1, 0.15) is 43.7 Å². The van der Waals surface area contributed by atoms with Crippen molar-refractivity contribution in [3.05, 3.63) is 23.7 Å². The summed E-state index contributed by atoms with van der Waals surface area (Å²) in [6, 6.07) is 4.20. The van der Waals surface area contributed by atoms with Crippen LogP contribution in [-0.4, -0.2) is 0 Å². The van der Waals surface area contributed by atoms with E-state index >= 15 is 0 Å². The van der Waals surface area contributed by atoms with Crippen LogP contribution in [0, 0.1) is 5.92 Å². The van der Waals surface area contributed by atoms with Crippen LogP contribution in [-0.2, 0) is 6.42 Å². The Labute approximate surface area is 79.1 Å². The molecule has 13 heavy (non-hydrogen) atoms. The first kappa shape index (κ1) is 8.82. The van der Waals surface area contributed by atoms with Gasteiger partial charge in [-0.25, -0.2) is 0 Å². The molecular weight excluding hydrogens is 162 g/mol. The van der Waals surface area contributed by atoms with Crippen molar-refractivity contribution in [3.63, 3.8) is 0 Å². The van der Waals surface area contributed by atoms with E-state index in [0.717, 1.165) is 17.9 Å². The van der Waals surface area contributed by atoms with Crippen LogP contribution in [0.5, 0.6) is 0 Å². The lowest BCUT2D eigenvalue weighted by Crippen LogP contribution is -2.26. The summed E-state index contributed by atoms with van der Waals surface area (Å²) in [6.07, 6.45) is 4.82. The standard InChI is InChI=1S/C11H17NO/c1-2-9-6-7-10(13-9)11(12)8-4-3-5-8/h6-8,11H,2-5,12H2,1H3. The van der Waals surface area contributed by atoms with E-state index in [-0.39, 0.29) is 6.04 Å². The molecule has 2 heteroatoms. The quantitative estimate of drug-likeness (QED) is 0.774. The molecule has 1 unspecified atom stereocenters. The van der Waals surface area contributed by atoms with Crippen molar-refractivity contribution < 1.29 is 4.42 Å². The molecule has 1 fully saturated rings. The first-order valence-corrected chi connectivity index (χ1v) is 5.15. The Morgan fingerprint density at radius 3 is 2.77 bits per heavy atom. The molecule has 0 spiro atoms. The average molecular weight is 179 g/mol. The zero-order valence-corrected chi connectivity index (χ0v) is 8.12. The Bertz CT molecular complexity index is 275. The molecule has 2 nitrogen and oxygen atoms in total. The number of furan rings is 1. The monoisotopic (exact) mass is 179 g/mol. The summed E-state index contributed by atoms with van der Waals surface area (Å²) in [5.41, 5.74) is 6.07. The maximum Gasteiger partial charge on any atom is 0.121 e. The summed E-state index contributed by atoms with van der Waals surface area (Å²) in [6.45, 7) is 2.09. The highest BCUT2D eigenvalue weighted by molar-refractivity contribution is 5.11. The Morgan fingerprint density at radius 2 is 2.31 bits per heavy atom. The van der Waals surface area contributed by atoms with E-state index in [1.165, 1.54) is 19.3 Å². The molecule has 0 radical (unpaired) electrons. The fourth-order valence-corrected chi connectivity index (χ4v) is 1.79. The van der Waals surface area contributed by atoms with Gasteiger partial charge in [0.25, 0.3) is 0 Å². The molecule has 0 amide bonds. The maximum absolute atomic E-state index is 6.07. The topological polar surface area (TPSA) is 39.2 Å². The van der Waals surface area contributed by atoms with E-state index in [1.807, 2.05) is 12.1 Å². The lowest BCUT2D eigenvalue weighted by atomic mass is 9.79. The Hall–Kier alpha value is -0.760. The molecule has 1 aliphatic carbocycles. The zero-order chi connectivity index (χ0) is 9.26. The van der Waals surface area contributed by atoms with E-state index in [9.17, 15) is 0 Å². The van der Waals surface area contributed by atoms with Gasteiger partial charge in [0, 0.05) is 6.42 Å². The van der Waals surface area contributed by atoms with Gasteiger partial charge < -0.3 is 10.2 Å². The molecule has 0 aromatic carbocycles. The van der Waals surface area contributed by atoms with Crippen LogP contribution >= 0.6 is 0 Å². The van der Waals surface area contributed by atoms with Gasteiger partial charge in [0.1, 0.15) is 11.5 Å². The average Bonchev–Trinajstić information content (AvgIpc) is 2.48. The van der Waals surface area contributed by atoms with Gasteiger partial charge in [-0.3, -0.25) is 0 Å². The minimum Gasteiger partial charge on any atom is -0.464 e. The maximum atomic E-state index is 6.07. The molecule has 1 saturated carbocycles. The second kappa shape index (κ2) is 3.54. The van der Waals surface area contributed by atoms with Gasteiger partial charge in [0.2, 0.25) is 0 Å². The minimum absolute atomic E-state index is 0.133. The van der Waals surface area contributed by atoms with Crippen molar-refractivity contribution in [1.29, 1.82) is 0 Å². The van der Waals surface area contributed by atoms with Gasteiger partial charge >= 0.3 is 0 Å². The van der Waals surface area contributed by atoms with Crippen molar-refractivity contribution in [2.75, 3.05) is 0 Å². The summed E-state index contributed by atoms with van der Waals surface area (Å²) >= 11 is 0. The lowest BCUT2D eigenvalue weighted by Gasteiger charge is -2.29. The molecular formula is C11H17NO. The van der Waals surface area contributed by atoms with Gasteiger partial charge in [0.15, 0.2) is 0 Å². The first-order chi connectivity index (χ1) is 6.31. The van der Waals surface area contributed by atoms with Crippen LogP contribution in [0.2, 0.25) is 0 Å². The molecule has 0 saturated heterocycles. The molecule has 1 aliphatic rings. The Balaban J connectivity index is 2.05. The summed E-state index contributed by atoms with van der Waals surface area (Å²) in [7, 11) is 0. The van der Waals surface area contributed by atoms with Crippen molar-refractivity contribution in [3.8, 4) is 0 Å². The molecule has 2 N–H and O–H groups in total. The van der Waals surface area contributed by atoms with Crippen LogP contribution in [0.15, 0.2) is 16.5 Å². The summed E-state index contributed by atoms with van der Waals surface area (Å²) in [5.74, 6) is 2.68. The molecule has 72 valence electrons. The van der Waals surface area contributed by atoms with Crippen molar-refractivity contribution in [1.82, 2.24) is 0 Å². The van der Waals surface area contributed by atoms with Crippen molar-refractivity contribution >= 4 is 0 Å². The largest absolute Gasteiger partial charge is 0.464 e. The van der Waals surface area contributed by atoms with Crippen molar-refractivity contribution in [2.24, 2.45) is 11.7 Å². The smallest absolute Gasteiger partial charge is 0.121 e. The van der Waals surface area contributed by atoms with E-state index in [0.29, 0.717) is 5.92 Å². The van der Waals surface area contributed by atoms with Gasteiger partial charge in [-0.2, -0.15) is 0 Å². The van der Waals surface area contributed by atoms with Crippen LogP contribution in [0.4, 0.5) is 0 Å². The lowest BCUT2D eigenvalue weighted by molar-refractivity contribution is 0.239. The minimum atomic E-state index is 0.133. The second-order valence-corrected chi connectivity index (χ2v) is 3.87. The number of hydrogen-bond acceptors (Lipinski definition) is 2.